The van der Waals surface area contributed by atoms with E-state index in [2.05, 4.69) is 5.32 Å². The number of benzene rings is 2. The molecule has 1 aliphatic rings. The van der Waals surface area contributed by atoms with E-state index in [1.807, 2.05) is 0 Å². The van der Waals surface area contributed by atoms with Crippen LogP contribution in [0.3, 0.4) is 0 Å². The molecule has 3 amide bonds. The molecule has 1 aliphatic heterocycles. The molecular weight excluding hydrogens is 361 g/mol. The van der Waals surface area contributed by atoms with Gasteiger partial charge in [-0.1, -0.05) is 24.3 Å². The van der Waals surface area contributed by atoms with E-state index in [0.717, 1.165) is 5.56 Å². The Balaban J connectivity index is 1.62. The molecule has 0 aliphatic carbocycles. The van der Waals surface area contributed by atoms with Gasteiger partial charge in [0.15, 0.2) is 0 Å². The highest BCUT2D eigenvalue weighted by atomic mass is 19.1. The number of hydrogen-bond donors (Lipinski definition) is 2. The maximum Gasteiger partial charge on any atom is 0.250 e. The van der Waals surface area contributed by atoms with Crippen molar-refractivity contribution >= 4 is 23.4 Å². The number of carbonyl (C=O) groups is 3. The van der Waals surface area contributed by atoms with Gasteiger partial charge in [-0.3, -0.25) is 14.4 Å². The van der Waals surface area contributed by atoms with Crippen molar-refractivity contribution in [3.63, 3.8) is 0 Å². The number of anilines is 1. The molecule has 2 aromatic carbocycles. The van der Waals surface area contributed by atoms with E-state index >= 15 is 0 Å². The van der Waals surface area contributed by atoms with E-state index in [0.29, 0.717) is 31.6 Å². The lowest BCUT2D eigenvalue weighted by molar-refractivity contribution is -0.133. The summed E-state index contributed by atoms with van der Waals surface area (Å²) in [6.07, 6.45) is 1.54. The first-order valence-corrected chi connectivity index (χ1v) is 9.16. The third-order valence-electron chi connectivity index (χ3n) is 4.86. The average Bonchev–Trinajstić information content (AvgIpc) is 2.70. The van der Waals surface area contributed by atoms with Crippen LogP contribution in [-0.4, -0.2) is 35.7 Å². The number of hydrogen-bond acceptors (Lipinski definition) is 3. The summed E-state index contributed by atoms with van der Waals surface area (Å²) in [5.74, 6) is -1.67. The van der Waals surface area contributed by atoms with E-state index in [9.17, 15) is 18.8 Å². The van der Waals surface area contributed by atoms with E-state index in [4.69, 9.17) is 5.73 Å². The molecule has 3 N–H and O–H groups in total. The molecular formula is C21H22FN3O3. The van der Waals surface area contributed by atoms with E-state index in [1.165, 1.54) is 12.1 Å². The highest BCUT2D eigenvalue weighted by Crippen LogP contribution is 2.21. The summed E-state index contributed by atoms with van der Waals surface area (Å²) in [5.41, 5.74) is 6.69. The molecule has 3 rings (SSSR count). The van der Waals surface area contributed by atoms with Crippen LogP contribution in [0.5, 0.6) is 0 Å². The van der Waals surface area contributed by atoms with Crippen LogP contribution in [0.4, 0.5) is 10.1 Å². The predicted octanol–water partition coefficient (Wildman–Crippen LogP) is 2.34. The Morgan fingerprint density at radius 3 is 2.54 bits per heavy atom. The number of carbonyl (C=O) groups excluding carboxylic acids is 3. The Labute approximate surface area is 162 Å². The van der Waals surface area contributed by atoms with Gasteiger partial charge in [0.25, 0.3) is 5.91 Å². The SMILES string of the molecule is NC(=O)c1ccccc1NC(=O)C1CCCN(C(=O)Cc2ccc(F)cc2)C1. The fourth-order valence-corrected chi connectivity index (χ4v) is 3.35. The number of amides is 3. The lowest BCUT2D eigenvalue weighted by Gasteiger charge is -2.32. The average molecular weight is 383 g/mol. The van der Waals surface area contributed by atoms with Crippen molar-refractivity contribution in [1.82, 2.24) is 4.90 Å². The molecule has 28 heavy (non-hydrogen) atoms. The van der Waals surface area contributed by atoms with Crippen molar-refractivity contribution in [2.24, 2.45) is 11.7 Å². The number of para-hydroxylation sites is 1. The first-order valence-electron chi connectivity index (χ1n) is 9.16. The van der Waals surface area contributed by atoms with Crippen LogP contribution in [0.1, 0.15) is 28.8 Å². The van der Waals surface area contributed by atoms with Gasteiger partial charge in [0, 0.05) is 13.1 Å². The van der Waals surface area contributed by atoms with Crippen molar-refractivity contribution < 1.29 is 18.8 Å². The van der Waals surface area contributed by atoms with Crippen LogP contribution in [0.25, 0.3) is 0 Å². The summed E-state index contributed by atoms with van der Waals surface area (Å²) < 4.78 is 13.0. The van der Waals surface area contributed by atoms with E-state index in [1.54, 1.807) is 41.3 Å². The van der Waals surface area contributed by atoms with Gasteiger partial charge in [0.1, 0.15) is 5.82 Å². The van der Waals surface area contributed by atoms with Crippen molar-refractivity contribution in [3.05, 3.63) is 65.5 Å². The third-order valence-corrected chi connectivity index (χ3v) is 4.86. The van der Waals surface area contributed by atoms with Crippen LogP contribution in [0.2, 0.25) is 0 Å². The number of nitrogens with one attached hydrogen (secondary N) is 1. The van der Waals surface area contributed by atoms with Gasteiger partial charge in [-0.05, 0) is 42.7 Å². The summed E-state index contributed by atoms with van der Waals surface area (Å²) >= 11 is 0. The summed E-state index contributed by atoms with van der Waals surface area (Å²) in [6.45, 7) is 0.895. The number of primary amides is 1. The number of nitrogens with two attached hydrogens (primary N) is 1. The molecule has 0 radical (unpaired) electrons. The van der Waals surface area contributed by atoms with E-state index in [-0.39, 0.29) is 35.5 Å². The molecule has 2 aromatic rings. The smallest absolute Gasteiger partial charge is 0.250 e. The van der Waals surface area contributed by atoms with Crippen LogP contribution in [-0.2, 0) is 16.0 Å². The minimum Gasteiger partial charge on any atom is -0.366 e. The maximum atomic E-state index is 13.0. The number of likely N-dealkylation sites (tertiary alicyclic amines) is 1. The zero-order valence-electron chi connectivity index (χ0n) is 15.4. The Hall–Kier alpha value is -3.22. The second-order valence-electron chi connectivity index (χ2n) is 6.88. The molecule has 0 saturated carbocycles. The summed E-state index contributed by atoms with van der Waals surface area (Å²) in [4.78, 5) is 38.4. The van der Waals surface area contributed by atoms with Crippen LogP contribution in [0, 0.1) is 11.7 Å². The van der Waals surface area contributed by atoms with E-state index < -0.39 is 5.91 Å². The Bertz CT molecular complexity index is 883. The molecule has 0 spiro atoms. The maximum absolute atomic E-state index is 13.0. The van der Waals surface area contributed by atoms with Gasteiger partial charge >= 0.3 is 0 Å². The monoisotopic (exact) mass is 383 g/mol. The molecule has 1 atom stereocenters. The molecule has 0 aromatic heterocycles. The van der Waals surface area contributed by atoms with Crippen LogP contribution in [0.15, 0.2) is 48.5 Å². The Morgan fingerprint density at radius 2 is 1.82 bits per heavy atom. The van der Waals surface area contributed by atoms with Crippen LogP contribution >= 0.6 is 0 Å². The van der Waals surface area contributed by atoms with Crippen molar-refractivity contribution in [1.29, 1.82) is 0 Å². The largest absolute Gasteiger partial charge is 0.366 e. The fraction of sp³-hybridized carbons (Fsp3) is 0.286. The standard InChI is InChI=1S/C21H22FN3O3/c22-16-9-7-14(8-10-16)12-19(26)25-11-3-4-15(13-25)21(28)24-18-6-2-1-5-17(18)20(23)27/h1-2,5-10,15H,3-4,11-13H2,(H2,23,27)(H,24,28). The number of nitrogens with zero attached hydrogens (tertiary/aromatic N) is 1. The zero-order valence-corrected chi connectivity index (χ0v) is 15.4. The molecule has 1 heterocycles. The second-order valence-corrected chi connectivity index (χ2v) is 6.88. The second kappa shape index (κ2) is 8.65. The Morgan fingerprint density at radius 1 is 1.11 bits per heavy atom. The summed E-state index contributed by atoms with van der Waals surface area (Å²) in [7, 11) is 0. The van der Waals surface area contributed by atoms with Gasteiger partial charge in [0.05, 0.1) is 23.6 Å². The van der Waals surface area contributed by atoms with Gasteiger partial charge in [-0.2, -0.15) is 0 Å². The fourth-order valence-electron chi connectivity index (χ4n) is 3.35. The predicted molar refractivity (Wildman–Crippen MR) is 103 cm³/mol. The molecule has 7 heteroatoms. The zero-order chi connectivity index (χ0) is 20.1. The number of piperidine rings is 1. The summed E-state index contributed by atoms with van der Waals surface area (Å²) in [6, 6.07) is 12.4. The molecule has 1 fully saturated rings. The molecule has 1 unspecified atom stereocenters. The minimum atomic E-state index is -0.615. The third kappa shape index (κ3) is 4.73. The lowest BCUT2D eigenvalue weighted by atomic mass is 9.96. The first kappa shape index (κ1) is 19.5. The van der Waals surface area contributed by atoms with Crippen LogP contribution < -0.4 is 11.1 Å². The molecule has 6 nitrogen and oxygen atoms in total. The van der Waals surface area contributed by atoms with Gasteiger partial charge < -0.3 is 16.0 Å². The van der Waals surface area contributed by atoms with Crippen molar-refractivity contribution in [2.45, 2.75) is 19.3 Å². The minimum absolute atomic E-state index is 0.0957. The number of rotatable bonds is 5. The highest BCUT2D eigenvalue weighted by molar-refractivity contribution is 6.03. The highest BCUT2D eigenvalue weighted by Gasteiger charge is 2.29. The van der Waals surface area contributed by atoms with Crippen molar-refractivity contribution in [3.8, 4) is 0 Å². The lowest BCUT2D eigenvalue weighted by Crippen LogP contribution is -2.44. The molecule has 1 saturated heterocycles. The van der Waals surface area contributed by atoms with Gasteiger partial charge in [0.2, 0.25) is 11.8 Å². The topological polar surface area (TPSA) is 92.5 Å². The summed E-state index contributed by atoms with van der Waals surface area (Å²) in [5, 5.41) is 2.76. The molecule has 0 bridgehead atoms. The number of halogens is 1. The normalized spacial score (nSPS) is 16.5. The quantitative estimate of drug-likeness (QED) is 0.830. The van der Waals surface area contributed by atoms with Gasteiger partial charge in [-0.25, -0.2) is 4.39 Å². The first-order chi connectivity index (χ1) is 13.4. The van der Waals surface area contributed by atoms with Gasteiger partial charge in [-0.15, -0.1) is 0 Å². The van der Waals surface area contributed by atoms with Crippen molar-refractivity contribution in [2.75, 3.05) is 18.4 Å². The Kier molecular flexibility index (Phi) is 6.03. The molecule has 146 valence electrons.